The molecule has 1 aromatic heterocycles. The second-order valence-corrected chi connectivity index (χ2v) is 10.5. The Hall–Kier alpha value is -4.25. The van der Waals surface area contributed by atoms with Crippen LogP contribution < -0.4 is 10.6 Å². The number of fused-ring (bicyclic) bond motifs is 3. The topological polar surface area (TPSA) is 116 Å². The van der Waals surface area contributed by atoms with Crippen LogP contribution in [0.15, 0.2) is 81.3 Å². The first-order valence-electron chi connectivity index (χ1n) is 13.0. The van der Waals surface area contributed by atoms with E-state index < -0.39 is 11.3 Å². The molecular weight excluding hydrogens is 533 g/mol. The van der Waals surface area contributed by atoms with Gasteiger partial charge in [0.2, 0.25) is 11.8 Å². The zero-order valence-electron chi connectivity index (χ0n) is 21.8. The number of aliphatic imine (C=N–C) groups is 2. The lowest BCUT2D eigenvalue weighted by Crippen LogP contribution is -2.43. The van der Waals surface area contributed by atoms with Crippen LogP contribution in [0.5, 0.6) is 0 Å². The lowest BCUT2D eigenvalue weighted by Gasteiger charge is -2.27. The van der Waals surface area contributed by atoms with Crippen LogP contribution in [0.4, 0.5) is 10.1 Å². The molecule has 2 N–H and O–H groups in total. The molecule has 0 bridgehead atoms. The Labute approximate surface area is 234 Å². The third kappa shape index (κ3) is 6.15. The summed E-state index contributed by atoms with van der Waals surface area (Å²) in [6.07, 6.45) is 2.37. The number of thioether (sulfide) groups is 1. The number of para-hydroxylation sites is 1. The number of amides is 3. The van der Waals surface area contributed by atoms with Crippen molar-refractivity contribution in [1.82, 2.24) is 15.5 Å². The number of amidine groups is 2. The molecule has 5 rings (SSSR count). The average Bonchev–Trinajstić information content (AvgIpc) is 3.61. The van der Waals surface area contributed by atoms with Crippen molar-refractivity contribution in [1.29, 1.82) is 0 Å². The van der Waals surface area contributed by atoms with E-state index in [0.29, 0.717) is 28.9 Å². The minimum atomic E-state index is -0.753. The van der Waals surface area contributed by atoms with Crippen molar-refractivity contribution in [3.63, 3.8) is 0 Å². The van der Waals surface area contributed by atoms with Crippen LogP contribution in [-0.4, -0.2) is 44.9 Å². The normalized spacial score (nSPS) is 16.5. The fourth-order valence-corrected chi connectivity index (χ4v) is 5.42. The summed E-state index contributed by atoms with van der Waals surface area (Å²) in [6, 6.07) is 16.1. The van der Waals surface area contributed by atoms with Crippen LogP contribution in [-0.2, 0) is 27.5 Å². The van der Waals surface area contributed by atoms with E-state index in [2.05, 4.69) is 10.6 Å². The predicted octanol–water partition coefficient (Wildman–Crippen LogP) is 4.30. The Kier molecular flexibility index (Phi) is 8.40. The molecule has 0 saturated heterocycles. The first-order valence-corrected chi connectivity index (χ1v) is 13.9. The van der Waals surface area contributed by atoms with Crippen LogP contribution >= 0.6 is 11.8 Å². The number of rotatable bonds is 10. The molecule has 0 aliphatic carbocycles. The number of carbonyl (C=O) groups excluding carboxylic acids is 3. The number of carbonyl (C=O) groups is 3. The maximum atomic E-state index is 13.5. The summed E-state index contributed by atoms with van der Waals surface area (Å²) in [7, 11) is 0. The van der Waals surface area contributed by atoms with Gasteiger partial charge >= 0.3 is 0 Å². The lowest BCUT2D eigenvalue weighted by molar-refractivity contribution is -0.125. The van der Waals surface area contributed by atoms with Gasteiger partial charge in [-0.05, 0) is 54.8 Å². The number of halogens is 1. The van der Waals surface area contributed by atoms with Crippen molar-refractivity contribution in [2.45, 2.75) is 50.6 Å². The molecule has 3 heterocycles. The summed E-state index contributed by atoms with van der Waals surface area (Å²) < 4.78 is 18.4. The lowest BCUT2D eigenvalue weighted by atomic mass is 10.1. The molecule has 0 spiro atoms. The Morgan fingerprint density at radius 1 is 1.07 bits per heavy atom. The SMILES string of the molecule is CC[C@@H](SC1=Nc2ccccc2C2=N[C@@H](CCC(=O)NCc3ccc(F)cc3)C(=O)N12)C(=O)NCc1ccco1. The summed E-state index contributed by atoms with van der Waals surface area (Å²) >= 11 is 1.21. The molecular formula is C29H28FN5O4S. The smallest absolute Gasteiger partial charge is 0.259 e. The quantitative estimate of drug-likeness (QED) is 0.383. The van der Waals surface area contributed by atoms with Crippen molar-refractivity contribution in [2.24, 2.45) is 9.98 Å². The molecule has 40 heavy (non-hydrogen) atoms. The van der Waals surface area contributed by atoms with Gasteiger partial charge in [-0.15, -0.1) is 0 Å². The fraction of sp³-hybridized carbons (Fsp3) is 0.276. The van der Waals surface area contributed by atoms with Gasteiger partial charge in [-0.25, -0.2) is 14.3 Å². The van der Waals surface area contributed by atoms with Crippen molar-refractivity contribution < 1.29 is 23.2 Å². The van der Waals surface area contributed by atoms with Gasteiger partial charge in [0.15, 0.2) is 5.17 Å². The van der Waals surface area contributed by atoms with Crippen LogP contribution in [0.25, 0.3) is 0 Å². The average molecular weight is 562 g/mol. The largest absolute Gasteiger partial charge is 0.467 e. The molecule has 0 unspecified atom stereocenters. The monoisotopic (exact) mass is 561 g/mol. The Morgan fingerprint density at radius 2 is 1.88 bits per heavy atom. The third-order valence-electron chi connectivity index (χ3n) is 6.52. The predicted molar refractivity (Wildman–Crippen MR) is 150 cm³/mol. The molecule has 3 aromatic rings. The first-order chi connectivity index (χ1) is 19.4. The summed E-state index contributed by atoms with van der Waals surface area (Å²) in [6.45, 7) is 2.42. The summed E-state index contributed by atoms with van der Waals surface area (Å²) in [5.74, 6) is 0.0716. The first kappa shape index (κ1) is 27.3. The molecule has 0 saturated carbocycles. The van der Waals surface area contributed by atoms with Gasteiger partial charge in [-0.3, -0.25) is 19.4 Å². The molecule has 206 valence electrons. The van der Waals surface area contributed by atoms with Crippen LogP contribution in [0.1, 0.15) is 43.1 Å². The second-order valence-electron chi connectivity index (χ2n) is 9.31. The van der Waals surface area contributed by atoms with Gasteiger partial charge in [-0.2, -0.15) is 0 Å². The Morgan fingerprint density at radius 3 is 2.62 bits per heavy atom. The van der Waals surface area contributed by atoms with Gasteiger partial charge in [-0.1, -0.05) is 43.0 Å². The van der Waals surface area contributed by atoms with Gasteiger partial charge in [0, 0.05) is 18.5 Å². The summed E-state index contributed by atoms with van der Waals surface area (Å²) in [5, 5.41) is 5.56. The number of nitrogens with zero attached hydrogens (tertiary/aromatic N) is 3. The van der Waals surface area contributed by atoms with Crippen LogP contribution in [0.2, 0.25) is 0 Å². The zero-order valence-corrected chi connectivity index (χ0v) is 22.6. The molecule has 2 aromatic carbocycles. The highest BCUT2D eigenvalue weighted by Crippen LogP contribution is 2.35. The zero-order chi connectivity index (χ0) is 28.1. The van der Waals surface area contributed by atoms with E-state index >= 15 is 0 Å². The second kappa shape index (κ2) is 12.3. The molecule has 3 amide bonds. The van der Waals surface area contributed by atoms with Crippen LogP contribution in [0.3, 0.4) is 0 Å². The standard InChI is InChI=1S/C29H28FN5O4S/c1-2-24(27(37)32-17-20-6-5-15-39-20)40-29-34-22-8-4-3-7-21(22)26-33-23(28(38)35(26)29)13-14-25(36)31-16-18-9-11-19(30)12-10-18/h3-12,15,23-24H,2,13-14,16-17H2,1H3,(H,31,36)(H,32,37)/t23-,24+/m0/s1. The van der Waals surface area contributed by atoms with E-state index in [4.69, 9.17) is 14.4 Å². The maximum absolute atomic E-state index is 13.5. The number of hydrogen-bond acceptors (Lipinski definition) is 7. The van der Waals surface area contributed by atoms with E-state index in [0.717, 1.165) is 11.1 Å². The van der Waals surface area contributed by atoms with Gasteiger partial charge in [0.25, 0.3) is 5.91 Å². The van der Waals surface area contributed by atoms with Crippen molar-refractivity contribution in [3.8, 4) is 0 Å². The molecule has 2 aliphatic rings. The van der Waals surface area contributed by atoms with Gasteiger partial charge < -0.3 is 15.1 Å². The highest BCUT2D eigenvalue weighted by atomic mass is 32.2. The molecule has 11 heteroatoms. The minimum Gasteiger partial charge on any atom is -0.467 e. The minimum absolute atomic E-state index is 0.0935. The Balaban J connectivity index is 1.26. The van der Waals surface area contributed by atoms with Crippen LogP contribution in [0, 0.1) is 5.82 Å². The van der Waals surface area contributed by atoms with E-state index in [1.54, 1.807) is 30.5 Å². The highest BCUT2D eigenvalue weighted by Gasteiger charge is 2.42. The number of benzene rings is 2. The molecule has 0 radical (unpaired) electrons. The van der Waals surface area contributed by atoms with E-state index in [-0.39, 0.29) is 49.5 Å². The third-order valence-corrected chi connectivity index (χ3v) is 7.84. The molecule has 2 aliphatic heterocycles. The number of nitrogens with one attached hydrogen (secondary N) is 2. The van der Waals surface area contributed by atoms with Gasteiger partial charge in [0.1, 0.15) is 23.5 Å². The Bertz CT molecular complexity index is 1460. The number of furan rings is 1. The van der Waals surface area contributed by atoms with E-state index in [9.17, 15) is 18.8 Å². The summed E-state index contributed by atoms with van der Waals surface area (Å²) in [4.78, 5) is 49.9. The molecule has 0 fully saturated rings. The van der Waals surface area contributed by atoms with Crippen molar-refractivity contribution in [2.75, 3.05) is 0 Å². The van der Waals surface area contributed by atoms with Crippen molar-refractivity contribution >= 4 is 46.2 Å². The molecule has 9 nitrogen and oxygen atoms in total. The summed E-state index contributed by atoms with van der Waals surface area (Å²) in [5.41, 5.74) is 2.16. The highest BCUT2D eigenvalue weighted by molar-refractivity contribution is 8.15. The maximum Gasteiger partial charge on any atom is 0.259 e. The number of hydrogen-bond donors (Lipinski definition) is 2. The fourth-order valence-electron chi connectivity index (χ4n) is 4.38. The van der Waals surface area contributed by atoms with Gasteiger partial charge in [0.05, 0.1) is 23.7 Å². The van der Waals surface area contributed by atoms with Crippen molar-refractivity contribution in [3.05, 3.63) is 89.6 Å². The molecule has 2 atom stereocenters. The van der Waals surface area contributed by atoms with E-state index in [1.807, 2.05) is 31.2 Å². The van der Waals surface area contributed by atoms with E-state index in [1.165, 1.54) is 28.8 Å².